The Morgan fingerprint density at radius 1 is 1.19 bits per heavy atom. The fourth-order valence-corrected chi connectivity index (χ4v) is 5.11. The van der Waals surface area contributed by atoms with Crippen LogP contribution in [0.2, 0.25) is 0 Å². The zero-order valence-electron chi connectivity index (χ0n) is 15.5. The molecule has 0 bridgehead atoms. The molecule has 0 unspecified atom stereocenters. The van der Waals surface area contributed by atoms with Gasteiger partial charge in [0.25, 0.3) is 0 Å². The van der Waals surface area contributed by atoms with Crippen molar-refractivity contribution in [1.29, 1.82) is 0 Å². The molecule has 0 amide bonds. The van der Waals surface area contributed by atoms with Crippen molar-refractivity contribution in [2.45, 2.75) is 51.4 Å². The van der Waals surface area contributed by atoms with E-state index in [1.54, 1.807) is 0 Å². The lowest BCUT2D eigenvalue weighted by Crippen LogP contribution is -2.35. The van der Waals surface area contributed by atoms with E-state index in [0.717, 1.165) is 28.8 Å². The molecule has 4 rings (SSSR count). The highest BCUT2D eigenvalue weighted by molar-refractivity contribution is 8.14. The van der Waals surface area contributed by atoms with Gasteiger partial charge in [-0.05, 0) is 38.5 Å². The van der Waals surface area contributed by atoms with Gasteiger partial charge in [-0.25, -0.2) is 0 Å². The van der Waals surface area contributed by atoms with Gasteiger partial charge in [0.05, 0.1) is 17.8 Å². The molecule has 1 aromatic heterocycles. The van der Waals surface area contributed by atoms with Crippen molar-refractivity contribution in [2.75, 3.05) is 5.75 Å². The van der Waals surface area contributed by atoms with Crippen molar-refractivity contribution in [3.05, 3.63) is 59.9 Å². The fraction of sp³-hybridized carbons (Fsp3) is 0.429. The highest BCUT2D eigenvalue weighted by atomic mass is 32.2. The minimum Gasteiger partial charge on any atom is -0.491 e. The molecule has 0 N–H and O–H groups in total. The molecule has 2 aliphatic rings. The summed E-state index contributed by atoms with van der Waals surface area (Å²) in [6.07, 6.45) is 3.11. The second-order valence-electron chi connectivity index (χ2n) is 7.04. The summed E-state index contributed by atoms with van der Waals surface area (Å²) in [5.41, 5.74) is 2.23. The number of benzene rings is 1. The van der Waals surface area contributed by atoms with Crippen molar-refractivity contribution in [3.63, 3.8) is 0 Å². The number of nitrogens with zero attached hydrogens (tertiary/aromatic N) is 3. The van der Waals surface area contributed by atoms with Crippen LogP contribution in [-0.2, 0) is 0 Å². The normalized spacial score (nSPS) is 24.7. The fourth-order valence-electron chi connectivity index (χ4n) is 3.77. The van der Waals surface area contributed by atoms with Crippen molar-refractivity contribution in [3.8, 4) is 5.75 Å². The van der Waals surface area contributed by atoms with Crippen LogP contribution in [0.15, 0.2) is 53.7 Å². The number of aliphatic imine (C=N–C) groups is 1. The third kappa shape index (κ3) is 3.09. The molecule has 1 fully saturated rings. The molecule has 0 spiro atoms. The summed E-state index contributed by atoms with van der Waals surface area (Å²) in [4.78, 5) is 12.2. The monoisotopic (exact) mass is 367 g/mol. The van der Waals surface area contributed by atoms with Crippen LogP contribution < -0.4 is 4.74 Å². The maximum absolute atomic E-state index is 6.15. The van der Waals surface area contributed by atoms with Crippen LogP contribution in [0.25, 0.3) is 0 Å². The standard InChI is InChI=1S/C21H25N3OS/c1-4-15-13-26-21-23-19(17-10-7-8-12-22-17)20(24(15)21)16-9-5-6-11-18(16)25-14(2)3/h5-12,14-15,19-20H,4,13H2,1-3H3/t15-,19-,20+/m1/s1. The van der Waals surface area contributed by atoms with E-state index >= 15 is 0 Å². The number of para-hydroxylation sites is 1. The number of amidine groups is 1. The summed E-state index contributed by atoms with van der Waals surface area (Å²) in [5, 5.41) is 1.15. The van der Waals surface area contributed by atoms with E-state index in [-0.39, 0.29) is 18.2 Å². The first kappa shape index (κ1) is 17.4. The van der Waals surface area contributed by atoms with Gasteiger partial charge in [-0.2, -0.15) is 0 Å². The molecule has 3 heterocycles. The summed E-state index contributed by atoms with van der Waals surface area (Å²) in [7, 11) is 0. The van der Waals surface area contributed by atoms with E-state index in [1.165, 1.54) is 5.56 Å². The van der Waals surface area contributed by atoms with Gasteiger partial charge in [0, 0.05) is 23.6 Å². The zero-order chi connectivity index (χ0) is 18.1. The SMILES string of the molecule is CC[C@@H]1CSC2=N[C@H](c3ccccn3)[C@H](c3ccccc3OC(C)C)N21. The van der Waals surface area contributed by atoms with E-state index in [2.05, 4.69) is 54.9 Å². The quantitative estimate of drug-likeness (QED) is 0.757. The largest absolute Gasteiger partial charge is 0.491 e. The first-order valence-electron chi connectivity index (χ1n) is 9.34. The van der Waals surface area contributed by atoms with Gasteiger partial charge in [0.15, 0.2) is 5.17 Å². The van der Waals surface area contributed by atoms with Gasteiger partial charge in [-0.3, -0.25) is 9.98 Å². The number of ether oxygens (including phenoxy) is 1. The summed E-state index contributed by atoms with van der Waals surface area (Å²) in [6.45, 7) is 6.41. The predicted molar refractivity (Wildman–Crippen MR) is 108 cm³/mol. The Balaban J connectivity index is 1.80. The summed E-state index contributed by atoms with van der Waals surface area (Å²) >= 11 is 1.87. The van der Waals surface area contributed by atoms with Crippen molar-refractivity contribution in [2.24, 2.45) is 4.99 Å². The van der Waals surface area contributed by atoms with E-state index in [0.29, 0.717) is 6.04 Å². The topological polar surface area (TPSA) is 37.7 Å². The van der Waals surface area contributed by atoms with Crippen LogP contribution in [0.4, 0.5) is 0 Å². The molecule has 5 heteroatoms. The molecular weight excluding hydrogens is 342 g/mol. The first-order chi connectivity index (χ1) is 12.7. The van der Waals surface area contributed by atoms with Crippen LogP contribution in [0.3, 0.4) is 0 Å². The number of rotatable bonds is 5. The molecule has 136 valence electrons. The molecule has 0 radical (unpaired) electrons. The van der Waals surface area contributed by atoms with Gasteiger partial charge >= 0.3 is 0 Å². The zero-order valence-corrected chi connectivity index (χ0v) is 16.3. The lowest BCUT2D eigenvalue weighted by molar-refractivity contribution is 0.218. The van der Waals surface area contributed by atoms with Crippen molar-refractivity contribution in [1.82, 2.24) is 9.88 Å². The van der Waals surface area contributed by atoms with Gasteiger partial charge in [0.2, 0.25) is 0 Å². The molecular formula is C21H25N3OS. The van der Waals surface area contributed by atoms with Crippen LogP contribution in [0.1, 0.15) is 50.5 Å². The van der Waals surface area contributed by atoms with Gasteiger partial charge < -0.3 is 9.64 Å². The molecule has 3 atom stereocenters. The first-order valence-corrected chi connectivity index (χ1v) is 10.3. The Bertz CT molecular complexity index is 793. The second-order valence-corrected chi connectivity index (χ2v) is 8.03. The van der Waals surface area contributed by atoms with Crippen molar-refractivity contribution >= 4 is 16.9 Å². The highest BCUT2D eigenvalue weighted by Gasteiger charge is 2.46. The lowest BCUT2D eigenvalue weighted by Gasteiger charge is -2.33. The number of pyridine rings is 1. The number of fused-ring (bicyclic) bond motifs is 1. The Morgan fingerprint density at radius 2 is 2.00 bits per heavy atom. The highest BCUT2D eigenvalue weighted by Crippen LogP contribution is 2.50. The minimum atomic E-state index is 0.00459. The van der Waals surface area contributed by atoms with Gasteiger partial charge in [-0.15, -0.1) is 0 Å². The Kier molecular flexibility index (Phi) is 4.90. The molecule has 0 aliphatic carbocycles. The average Bonchev–Trinajstić information content (AvgIpc) is 3.21. The number of hydrogen-bond acceptors (Lipinski definition) is 5. The Labute approximate surface area is 159 Å². The minimum absolute atomic E-state index is 0.00459. The van der Waals surface area contributed by atoms with Crippen LogP contribution >= 0.6 is 11.8 Å². The third-order valence-corrected chi connectivity index (χ3v) is 6.06. The molecule has 2 aromatic rings. The molecule has 1 saturated heterocycles. The average molecular weight is 368 g/mol. The number of thioether (sulfide) groups is 1. The summed E-state index contributed by atoms with van der Waals surface area (Å²) in [5.74, 6) is 2.06. The summed E-state index contributed by atoms with van der Waals surface area (Å²) in [6, 6.07) is 15.1. The van der Waals surface area contributed by atoms with Crippen LogP contribution in [-0.4, -0.2) is 33.0 Å². The van der Waals surface area contributed by atoms with E-state index in [1.807, 2.05) is 36.2 Å². The van der Waals surface area contributed by atoms with Crippen LogP contribution in [0.5, 0.6) is 5.75 Å². The molecule has 26 heavy (non-hydrogen) atoms. The number of hydrogen-bond donors (Lipinski definition) is 0. The number of aromatic nitrogens is 1. The van der Waals surface area contributed by atoms with E-state index < -0.39 is 0 Å². The Hall–Kier alpha value is -2.01. The maximum atomic E-state index is 6.15. The van der Waals surface area contributed by atoms with Crippen LogP contribution in [0, 0.1) is 0 Å². The predicted octanol–water partition coefficient (Wildman–Crippen LogP) is 4.85. The molecule has 0 saturated carbocycles. The molecule has 2 aliphatic heterocycles. The van der Waals surface area contributed by atoms with Crippen molar-refractivity contribution < 1.29 is 4.74 Å². The lowest BCUT2D eigenvalue weighted by atomic mass is 9.94. The third-order valence-electron chi connectivity index (χ3n) is 4.93. The Morgan fingerprint density at radius 3 is 2.73 bits per heavy atom. The smallest absolute Gasteiger partial charge is 0.160 e. The molecule has 4 nitrogen and oxygen atoms in total. The molecule has 1 aromatic carbocycles. The van der Waals surface area contributed by atoms with E-state index in [4.69, 9.17) is 9.73 Å². The summed E-state index contributed by atoms with van der Waals surface area (Å²) < 4.78 is 6.15. The second kappa shape index (κ2) is 7.31. The van der Waals surface area contributed by atoms with Gasteiger partial charge in [-0.1, -0.05) is 43.0 Å². The van der Waals surface area contributed by atoms with E-state index in [9.17, 15) is 0 Å². The van der Waals surface area contributed by atoms with Gasteiger partial charge in [0.1, 0.15) is 11.8 Å². The maximum Gasteiger partial charge on any atom is 0.160 e.